The summed E-state index contributed by atoms with van der Waals surface area (Å²) < 4.78 is 5.57. The molecule has 21 heavy (non-hydrogen) atoms. The van der Waals surface area contributed by atoms with Crippen LogP contribution in [0.4, 0.5) is 0 Å². The lowest BCUT2D eigenvalue weighted by atomic mass is 9.98. The summed E-state index contributed by atoms with van der Waals surface area (Å²) in [6.45, 7) is 4.32. The van der Waals surface area contributed by atoms with Crippen molar-refractivity contribution in [1.29, 1.82) is 0 Å². The first-order chi connectivity index (χ1) is 10.2. The number of likely N-dealkylation sites (N-methyl/N-ethyl adjacent to an activating group) is 1. The summed E-state index contributed by atoms with van der Waals surface area (Å²) in [4.78, 5) is 4.71. The van der Waals surface area contributed by atoms with Crippen LogP contribution in [0.25, 0.3) is 0 Å². The summed E-state index contributed by atoms with van der Waals surface area (Å²) in [6.07, 6.45) is 3.18. The Hall–Kier alpha value is -1.68. The maximum absolute atomic E-state index is 5.57. The quantitative estimate of drug-likeness (QED) is 0.916. The van der Waals surface area contributed by atoms with E-state index in [4.69, 9.17) is 9.51 Å². The number of nitrogens with zero attached hydrogens (tertiary/aromatic N) is 2. The van der Waals surface area contributed by atoms with Gasteiger partial charge in [0.05, 0.1) is 5.92 Å². The standard InChI is InChI=1S/C17H23N3O/c1-4-13(11(2)18-3)17-19-16(20-21-17)15-10-9-12-7-5-6-8-14(12)15/h5-8,11,13,15,18H,4,9-10H2,1-3H3. The van der Waals surface area contributed by atoms with Crippen LogP contribution in [0.2, 0.25) is 0 Å². The number of benzene rings is 1. The lowest BCUT2D eigenvalue weighted by Gasteiger charge is -2.17. The highest BCUT2D eigenvalue weighted by Crippen LogP contribution is 2.37. The molecule has 3 atom stereocenters. The molecule has 1 aliphatic carbocycles. The van der Waals surface area contributed by atoms with Crippen molar-refractivity contribution in [1.82, 2.24) is 15.5 Å². The molecule has 0 spiro atoms. The van der Waals surface area contributed by atoms with Gasteiger partial charge < -0.3 is 9.84 Å². The molecule has 112 valence electrons. The zero-order valence-corrected chi connectivity index (χ0v) is 13.0. The number of rotatable bonds is 5. The van der Waals surface area contributed by atoms with Crippen LogP contribution >= 0.6 is 0 Å². The van der Waals surface area contributed by atoms with Crippen molar-refractivity contribution in [2.45, 2.75) is 51.0 Å². The van der Waals surface area contributed by atoms with Crippen molar-refractivity contribution in [2.24, 2.45) is 0 Å². The van der Waals surface area contributed by atoms with Crippen LogP contribution in [0.5, 0.6) is 0 Å². The van der Waals surface area contributed by atoms with Gasteiger partial charge in [-0.05, 0) is 44.4 Å². The number of hydrogen-bond donors (Lipinski definition) is 1. The minimum Gasteiger partial charge on any atom is -0.339 e. The molecular formula is C17H23N3O. The van der Waals surface area contributed by atoms with Crippen LogP contribution < -0.4 is 5.32 Å². The first kappa shape index (κ1) is 14.3. The largest absolute Gasteiger partial charge is 0.339 e. The van der Waals surface area contributed by atoms with E-state index in [2.05, 4.69) is 48.6 Å². The normalized spacial score (nSPS) is 20.2. The molecule has 0 radical (unpaired) electrons. The molecule has 3 rings (SSSR count). The minimum absolute atomic E-state index is 0.271. The summed E-state index contributed by atoms with van der Waals surface area (Å²) in [5.74, 6) is 2.17. The molecule has 1 aliphatic rings. The Morgan fingerprint density at radius 2 is 2.19 bits per heavy atom. The molecule has 0 fully saturated rings. The van der Waals surface area contributed by atoms with Gasteiger partial charge in [-0.3, -0.25) is 0 Å². The van der Waals surface area contributed by atoms with Gasteiger partial charge in [-0.15, -0.1) is 0 Å². The van der Waals surface area contributed by atoms with Crippen molar-refractivity contribution in [3.05, 3.63) is 47.1 Å². The molecule has 0 bridgehead atoms. The second-order valence-corrected chi connectivity index (χ2v) is 5.87. The molecule has 1 aromatic heterocycles. The highest BCUT2D eigenvalue weighted by Gasteiger charge is 2.29. The van der Waals surface area contributed by atoms with Gasteiger partial charge in [0.2, 0.25) is 5.89 Å². The molecule has 1 heterocycles. The van der Waals surface area contributed by atoms with Crippen LogP contribution in [0.3, 0.4) is 0 Å². The molecule has 0 saturated heterocycles. The first-order valence-corrected chi connectivity index (χ1v) is 7.83. The maximum Gasteiger partial charge on any atom is 0.231 e. The van der Waals surface area contributed by atoms with Crippen LogP contribution in [-0.2, 0) is 6.42 Å². The lowest BCUT2D eigenvalue weighted by Crippen LogP contribution is -2.28. The van der Waals surface area contributed by atoms with E-state index in [1.165, 1.54) is 11.1 Å². The highest BCUT2D eigenvalue weighted by molar-refractivity contribution is 5.38. The first-order valence-electron chi connectivity index (χ1n) is 7.83. The molecule has 3 unspecified atom stereocenters. The van der Waals surface area contributed by atoms with E-state index in [9.17, 15) is 0 Å². The van der Waals surface area contributed by atoms with E-state index in [0.29, 0.717) is 12.0 Å². The Morgan fingerprint density at radius 1 is 1.38 bits per heavy atom. The maximum atomic E-state index is 5.57. The SMILES string of the molecule is CCC(c1nc(C2CCc3ccccc32)no1)C(C)NC. The third kappa shape index (κ3) is 2.60. The van der Waals surface area contributed by atoms with E-state index in [0.717, 1.165) is 31.0 Å². The number of aromatic nitrogens is 2. The Labute approximate surface area is 126 Å². The molecule has 0 aliphatic heterocycles. The van der Waals surface area contributed by atoms with Crippen LogP contribution in [0, 0.1) is 0 Å². The fourth-order valence-electron chi connectivity index (χ4n) is 3.31. The summed E-state index contributed by atoms with van der Waals surface area (Å²) >= 11 is 0. The Balaban J connectivity index is 1.86. The van der Waals surface area contributed by atoms with Crippen molar-refractivity contribution < 1.29 is 4.52 Å². The van der Waals surface area contributed by atoms with Crippen molar-refractivity contribution >= 4 is 0 Å². The van der Waals surface area contributed by atoms with Gasteiger partial charge in [0, 0.05) is 12.0 Å². The van der Waals surface area contributed by atoms with E-state index in [-0.39, 0.29) is 5.92 Å². The smallest absolute Gasteiger partial charge is 0.231 e. The van der Waals surface area contributed by atoms with E-state index in [1.807, 2.05) is 7.05 Å². The number of fused-ring (bicyclic) bond motifs is 1. The monoisotopic (exact) mass is 285 g/mol. The Kier molecular flexibility index (Phi) is 4.06. The lowest BCUT2D eigenvalue weighted by molar-refractivity contribution is 0.319. The second kappa shape index (κ2) is 5.98. The summed E-state index contributed by atoms with van der Waals surface area (Å²) in [5, 5.41) is 7.55. The van der Waals surface area contributed by atoms with E-state index < -0.39 is 0 Å². The third-order valence-electron chi connectivity index (χ3n) is 4.72. The average Bonchev–Trinajstić information content (AvgIpc) is 3.14. The molecule has 4 heteroatoms. The van der Waals surface area contributed by atoms with Crippen molar-refractivity contribution in [2.75, 3.05) is 7.05 Å². The van der Waals surface area contributed by atoms with Crippen LogP contribution in [0.15, 0.2) is 28.8 Å². The number of hydrogen-bond acceptors (Lipinski definition) is 4. The van der Waals surface area contributed by atoms with Crippen molar-refractivity contribution in [3.63, 3.8) is 0 Å². The molecule has 0 saturated carbocycles. The number of nitrogens with one attached hydrogen (secondary N) is 1. The molecule has 4 nitrogen and oxygen atoms in total. The van der Waals surface area contributed by atoms with Gasteiger partial charge in [-0.2, -0.15) is 4.98 Å². The van der Waals surface area contributed by atoms with Gasteiger partial charge in [-0.1, -0.05) is 36.3 Å². The average molecular weight is 285 g/mol. The summed E-state index contributed by atoms with van der Waals surface area (Å²) in [6, 6.07) is 8.92. The summed E-state index contributed by atoms with van der Waals surface area (Å²) in [5.41, 5.74) is 2.78. The minimum atomic E-state index is 0.271. The molecule has 0 amide bonds. The molecule has 2 aromatic rings. The summed E-state index contributed by atoms with van der Waals surface area (Å²) in [7, 11) is 1.97. The van der Waals surface area contributed by atoms with Gasteiger partial charge in [0.25, 0.3) is 0 Å². The number of aryl methyl sites for hydroxylation is 1. The van der Waals surface area contributed by atoms with Crippen LogP contribution in [0.1, 0.15) is 61.4 Å². The Bertz CT molecular complexity index is 608. The van der Waals surface area contributed by atoms with Gasteiger partial charge in [0.15, 0.2) is 5.82 Å². The van der Waals surface area contributed by atoms with Crippen molar-refractivity contribution in [3.8, 4) is 0 Å². The molecular weight excluding hydrogens is 262 g/mol. The zero-order chi connectivity index (χ0) is 14.8. The zero-order valence-electron chi connectivity index (χ0n) is 13.0. The topological polar surface area (TPSA) is 51.0 Å². The molecule has 1 N–H and O–H groups in total. The van der Waals surface area contributed by atoms with Gasteiger partial charge in [-0.25, -0.2) is 0 Å². The Morgan fingerprint density at radius 3 is 2.95 bits per heavy atom. The predicted octanol–water partition coefficient (Wildman–Crippen LogP) is 3.25. The fourth-order valence-corrected chi connectivity index (χ4v) is 3.31. The highest BCUT2D eigenvalue weighted by atomic mass is 16.5. The van der Waals surface area contributed by atoms with Gasteiger partial charge >= 0.3 is 0 Å². The molecule has 1 aromatic carbocycles. The van der Waals surface area contributed by atoms with Crippen LogP contribution in [-0.4, -0.2) is 23.2 Å². The van der Waals surface area contributed by atoms with Gasteiger partial charge in [0.1, 0.15) is 0 Å². The van der Waals surface area contributed by atoms with E-state index in [1.54, 1.807) is 0 Å². The third-order valence-corrected chi connectivity index (χ3v) is 4.72. The fraction of sp³-hybridized carbons (Fsp3) is 0.529. The van der Waals surface area contributed by atoms with E-state index >= 15 is 0 Å². The predicted molar refractivity (Wildman–Crippen MR) is 82.5 cm³/mol. The second-order valence-electron chi connectivity index (χ2n) is 5.87.